The Morgan fingerprint density at radius 2 is 1.83 bits per heavy atom. The summed E-state index contributed by atoms with van der Waals surface area (Å²) in [4.78, 5) is 12.5. The van der Waals surface area contributed by atoms with E-state index in [4.69, 9.17) is 10.6 Å². The van der Waals surface area contributed by atoms with E-state index in [0.717, 1.165) is 22.6 Å². The van der Waals surface area contributed by atoms with E-state index in [1.807, 2.05) is 35.8 Å². The van der Waals surface area contributed by atoms with Gasteiger partial charge in [0.25, 0.3) is 5.82 Å². The average molecular weight is 376 g/mol. The van der Waals surface area contributed by atoms with Crippen molar-refractivity contribution in [3.05, 3.63) is 59.9 Å². The fourth-order valence-corrected chi connectivity index (χ4v) is 2.59. The van der Waals surface area contributed by atoms with Crippen molar-refractivity contribution in [3.8, 4) is 5.75 Å². The van der Waals surface area contributed by atoms with Crippen molar-refractivity contribution in [2.24, 2.45) is 0 Å². The van der Waals surface area contributed by atoms with Gasteiger partial charge in [-0.2, -0.15) is 0 Å². The summed E-state index contributed by atoms with van der Waals surface area (Å²) in [5.74, 6) is 7.67. The molecule has 2 aromatic carbocycles. The topological polar surface area (TPSA) is 61.1 Å². The van der Waals surface area contributed by atoms with Crippen LogP contribution in [0, 0.1) is 6.92 Å². The number of rotatable bonds is 4. The second-order valence-corrected chi connectivity index (χ2v) is 5.14. The molecular formula is C17H18BrN3O2. The Balaban J connectivity index is 0.00000192. The van der Waals surface area contributed by atoms with Crippen LogP contribution in [0.2, 0.25) is 0 Å². The van der Waals surface area contributed by atoms with Gasteiger partial charge >= 0.3 is 0 Å². The van der Waals surface area contributed by atoms with Gasteiger partial charge in [0.05, 0.1) is 7.11 Å². The molecule has 6 heteroatoms. The SMILES string of the molecule is COc1ccc(C(=O)C[n+]2c(C)n(N)c3ccccc32)cc1.[Br-]. The molecule has 0 aliphatic rings. The van der Waals surface area contributed by atoms with E-state index in [-0.39, 0.29) is 29.3 Å². The number of carbonyl (C=O) groups is 1. The number of Topliss-reactive ketones (excluding diaryl/α,β-unsaturated/α-hetero) is 1. The first-order valence-electron chi connectivity index (χ1n) is 7.04. The molecule has 0 saturated heterocycles. The number of aromatic nitrogens is 2. The van der Waals surface area contributed by atoms with Crippen LogP contribution in [0.3, 0.4) is 0 Å². The summed E-state index contributed by atoms with van der Waals surface area (Å²) < 4.78 is 8.65. The van der Waals surface area contributed by atoms with E-state index in [0.29, 0.717) is 5.56 Å². The molecule has 0 fully saturated rings. The van der Waals surface area contributed by atoms with Gasteiger partial charge in [0.15, 0.2) is 17.6 Å². The Labute approximate surface area is 145 Å². The number of halogens is 1. The minimum Gasteiger partial charge on any atom is -1.00 e. The molecule has 3 aromatic rings. The molecule has 23 heavy (non-hydrogen) atoms. The number of nitrogens with zero attached hydrogens (tertiary/aromatic N) is 2. The highest BCUT2D eigenvalue weighted by molar-refractivity contribution is 5.95. The number of ketones is 1. The number of fused-ring (bicyclic) bond motifs is 1. The second-order valence-electron chi connectivity index (χ2n) is 5.14. The number of nitrogens with two attached hydrogens (primary N) is 1. The Morgan fingerprint density at radius 3 is 2.48 bits per heavy atom. The van der Waals surface area contributed by atoms with Gasteiger partial charge in [-0.3, -0.25) is 10.6 Å². The lowest BCUT2D eigenvalue weighted by Crippen LogP contribution is -3.00. The molecule has 0 unspecified atom stereocenters. The fourth-order valence-electron chi connectivity index (χ4n) is 2.59. The zero-order valence-corrected chi connectivity index (χ0v) is 14.6. The third kappa shape index (κ3) is 3.07. The molecule has 5 nitrogen and oxygen atoms in total. The Hall–Kier alpha value is -2.34. The lowest BCUT2D eigenvalue weighted by Gasteiger charge is -2.03. The smallest absolute Gasteiger partial charge is 0.277 e. The zero-order chi connectivity index (χ0) is 15.7. The van der Waals surface area contributed by atoms with Crippen LogP contribution >= 0.6 is 0 Å². The standard InChI is InChI=1S/C17H18N3O2.BrH/c1-12-19(15-5-3-4-6-16(15)20(12)18)11-17(21)13-7-9-14(22-2)10-8-13;/h3-10H,11,18H2,1-2H3;1H/q+1;/p-1. The monoisotopic (exact) mass is 375 g/mol. The van der Waals surface area contributed by atoms with Crippen molar-refractivity contribution in [2.75, 3.05) is 13.0 Å². The number of para-hydroxylation sites is 2. The summed E-state index contributed by atoms with van der Waals surface area (Å²) in [5.41, 5.74) is 2.51. The summed E-state index contributed by atoms with van der Waals surface area (Å²) in [7, 11) is 1.60. The van der Waals surface area contributed by atoms with Crippen molar-refractivity contribution in [1.29, 1.82) is 0 Å². The molecule has 0 spiro atoms. The van der Waals surface area contributed by atoms with Gasteiger partial charge in [0, 0.05) is 12.5 Å². The third-order valence-corrected chi connectivity index (χ3v) is 3.89. The molecule has 1 aromatic heterocycles. The number of hydrogen-bond donors (Lipinski definition) is 1. The Kier molecular flexibility index (Phi) is 5.05. The molecule has 0 amide bonds. The van der Waals surface area contributed by atoms with Crippen LogP contribution < -0.4 is 32.1 Å². The Bertz CT molecular complexity index is 841. The number of carbonyl (C=O) groups excluding carboxylic acids is 1. The maximum atomic E-state index is 12.5. The summed E-state index contributed by atoms with van der Waals surface area (Å²) in [6, 6.07) is 14.9. The molecule has 0 bridgehead atoms. The third-order valence-electron chi connectivity index (χ3n) is 3.89. The van der Waals surface area contributed by atoms with Gasteiger partial charge in [0.1, 0.15) is 5.75 Å². The number of hydrogen-bond acceptors (Lipinski definition) is 3. The van der Waals surface area contributed by atoms with Crippen LogP contribution in [0.5, 0.6) is 5.75 Å². The lowest BCUT2D eigenvalue weighted by molar-refractivity contribution is -0.664. The van der Waals surface area contributed by atoms with E-state index in [1.54, 1.807) is 36.1 Å². The number of nitrogen functional groups attached to an aromatic ring is 1. The van der Waals surface area contributed by atoms with E-state index in [1.165, 1.54) is 0 Å². The molecule has 0 atom stereocenters. The molecule has 120 valence electrons. The van der Waals surface area contributed by atoms with Crippen molar-refractivity contribution in [3.63, 3.8) is 0 Å². The normalized spacial score (nSPS) is 10.3. The van der Waals surface area contributed by atoms with Crippen LogP contribution in [0.15, 0.2) is 48.5 Å². The minimum atomic E-state index is 0. The minimum absolute atomic E-state index is 0. The van der Waals surface area contributed by atoms with E-state index >= 15 is 0 Å². The van der Waals surface area contributed by atoms with Crippen LogP contribution in [0.25, 0.3) is 11.0 Å². The molecule has 2 N–H and O–H groups in total. The molecule has 0 aliphatic carbocycles. The first-order chi connectivity index (χ1) is 10.6. The first-order valence-corrected chi connectivity index (χ1v) is 7.04. The number of ether oxygens (including phenoxy) is 1. The quantitative estimate of drug-likeness (QED) is 0.355. The zero-order valence-electron chi connectivity index (χ0n) is 13.0. The maximum Gasteiger partial charge on any atom is 0.277 e. The van der Waals surface area contributed by atoms with Gasteiger partial charge in [0.2, 0.25) is 5.78 Å². The largest absolute Gasteiger partial charge is 1.00 e. The maximum absolute atomic E-state index is 12.5. The summed E-state index contributed by atoms with van der Waals surface area (Å²) in [6.07, 6.45) is 0. The average Bonchev–Trinajstić information content (AvgIpc) is 2.80. The highest BCUT2D eigenvalue weighted by Gasteiger charge is 2.22. The van der Waals surface area contributed by atoms with Crippen molar-refractivity contribution >= 4 is 16.8 Å². The van der Waals surface area contributed by atoms with Gasteiger partial charge < -0.3 is 21.7 Å². The van der Waals surface area contributed by atoms with Gasteiger partial charge in [-0.1, -0.05) is 12.1 Å². The van der Waals surface area contributed by atoms with Crippen molar-refractivity contribution in [1.82, 2.24) is 4.68 Å². The lowest BCUT2D eigenvalue weighted by atomic mass is 10.1. The number of imidazole rings is 1. The second kappa shape index (κ2) is 6.83. The summed E-state index contributed by atoms with van der Waals surface area (Å²) >= 11 is 0. The highest BCUT2D eigenvalue weighted by Crippen LogP contribution is 2.14. The molecule has 0 radical (unpaired) electrons. The van der Waals surface area contributed by atoms with Crippen molar-refractivity contribution < 1.29 is 31.1 Å². The number of methoxy groups -OCH3 is 1. The van der Waals surface area contributed by atoms with Crippen LogP contribution in [0.4, 0.5) is 0 Å². The van der Waals surface area contributed by atoms with Crippen molar-refractivity contribution in [2.45, 2.75) is 13.5 Å². The first kappa shape index (κ1) is 17.0. The van der Waals surface area contributed by atoms with Crippen LogP contribution in [0.1, 0.15) is 16.2 Å². The van der Waals surface area contributed by atoms with E-state index < -0.39 is 0 Å². The predicted molar refractivity (Wildman–Crippen MR) is 84.3 cm³/mol. The van der Waals surface area contributed by atoms with Gasteiger partial charge in [-0.25, -0.2) is 4.57 Å². The summed E-state index contributed by atoms with van der Waals surface area (Å²) in [5, 5.41) is 0. The Morgan fingerprint density at radius 1 is 1.17 bits per heavy atom. The predicted octanol–water partition coefficient (Wildman–Crippen LogP) is -1.15. The molecule has 0 aliphatic heterocycles. The van der Waals surface area contributed by atoms with E-state index in [2.05, 4.69) is 0 Å². The summed E-state index contributed by atoms with van der Waals surface area (Å²) in [6.45, 7) is 2.16. The van der Waals surface area contributed by atoms with E-state index in [9.17, 15) is 4.79 Å². The molecule has 3 rings (SSSR count). The van der Waals surface area contributed by atoms with Gasteiger partial charge in [-0.15, -0.1) is 4.68 Å². The number of benzene rings is 2. The molecule has 1 heterocycles. The molecular weight excluding hydrogens is 358 g/mol. The van der Waals surface area contributed by atoms with Crippen LogP contribution in [-0.2, 0) is 6.54 Å². The van der Waals surface area contributed by atoms with Crippen LogP contribution in [-0.4, -0.2) is 17.6 Å². The highest BCUT2D eigenvalue weighted by atomic mass is 79.9. The molecule has 0 saturated carbocycles. The van der Waals surface area contributed by atoms with Gasteiger partial charge in [-0.05, 0) is 36.4 Å². The fraction of sp³-hybridized carbons (Fsp3) is 0.176.